The van der Waals surface area contributed by atoms with Gasteiger partial charge < -0.3 is 10.2 Å². The Labute approximate surface area is 84.5 Å². The maximum Gasteiger partial charge on any atom is 0.243 e. The summed E-state index contributed by atoms with van der Waals surface area (Å²) in [7, 11) is 3.37. The van der Waals surface area contributed by atoms with Crippen LogP contribution in [0.4, 0.5) is 0 Å². The van der Waals surface area contributed by atoms with Gasteiger partial charge in [0.15, 0.2) is 0 Å². The Morgan fingerprint density at radius 3 is 2.43 bits per heavy atom. The number of rotatable bonds is 3. The summed E-state index contributed by atoms with van der Waals surface area (Å²) in [6.07, 6.45) is 0. The van der Waals surface area contributed by atoms with Crippen LogP contribution in [-0.2, 0) is 4.79 Å². The van der Waals surface area contributed by atoms with Crippen LogP contribution in [0.3, 0.4) is 0 Å². The number of hydrogen-bond donors (Lipinski definition) is 3. The quantitative estimate of drug-likeness (QED) is 0.234. The predicted octanol–water partition coefficient (Wildman–Crippen LogP) is -1.11. The van der Waals surface area contributed by atoms with Crippen molar-refractivity contribution >= 4 is 11.9 Å². The molecule has 0 radical (unpaired) electrons. The molecule has 0 aliphatic carbocycles. The van der Waals surface area contributed by atoms with Gasteiger partial charge in [-0.05, 0) is 13.8 Å². The predicted molar refractivity (Wildman–Crippen MR) is 56.6 cm³/mol. The Bertz CT molecular complexity index is 212. The number of carbonyl (C=O) groups excluding carboxylic acids is 1. The summed E-state index contributed by atoms with van der Waals surface area (Å²) in [6.45, 7) is 4.01. The Balaban J connectivity index is 4.11. The van der Waals surface area contributed by atoms with E-state index >= 15 is 0 Å². The van der Waals surface area contributed by atoms with E-state index in [0.29, 0.717) is 5.96 Å². The SMILES string of the molecule is CC(C)NC(=NCC(=O)N(C)C)NN. The van der Waals surface area contributed by atoms with Gasteiger partial charge in [-0.2, -0.15) is 0 Å². The molecule has 0 saturated heterocycles. The van der Waals surface area contributed by atoms with Crippen LogP contribution in [-0.4, -0.2) is 43.4 Å². The van der Waals surface area contributed by atoms with Crippen LogP contribution in [0.5, 0.6) is 0 Å². The third-order valence-corrected chi connectivity index (χ3v) is 1.43. The standard InChI is InChI=1S/C8H19N5O/c1-6(2)11-8(12-9)10-5-7(14)13(3)4/h6H,5,9H2,1-4H3,(H2,10,11,12). The highest BCUT2D eigenvalue weighted by Gasteiger charge is 2.03. The summed E-state index contributed by atoms with van der Waals surface area (Å²) in [5, 5.41) is 2.97. The van der Waals surface area contributed by atoms with E-state index in [2.05, 4.69) is 15.7 Å². The molecule has 0 spiro atoms. The second kappa shape index (κ2) is 6.20. The van der Waals surface area contributed by atoms with Crippen molar-refractivity contribution in [1.29, 1.82) is 0 Å². The average molecular weight is 201 g/mol. The molecule has 0 unspecified atom stereocenters. The topological polar surface area (TPSA) is 82.8 Å². The van der Waals surface area contributed by atoms with E-state index in [1.165, 1.54) is 4.90 Å². The number of nitrogens with one attached hydrogen (secondary N) is 2. The molecule has 0 aromatic heterocycles. The highest BCUT2D eigenvalue weighted by molar-refractivity contribution is 5.84. The highest BCUT2D eigenvalue weighted by Crippen LogP contribution is 1.82. The molecule has 0 saturated carbocycles. The van der Waals surface area contributed by atoms with Gasteiger partial charge in [0.1, 0.15) is 6.54 Å². The van der Waals surface area contributed by atoms with Crippen LogP contribution >= 0.6 is 0 Å². The smallest absolute Gasteiger partial charge is 0.243 e. The lowest BCUT2D eigenvalue weighted by Crippen LogP contribution is -2.45. The zero-order valence-electron chi connectivity index (χ0n) is 9.16. The molecule has 14 heavy (non-hydrogen) atoms. The van der Waals surface area contributed by atoms with Crippen LogP contribution in [0.15, 0.2) is 4.99 Å². The van der Waals surface area contributed by atoms with Crippen molar-refractivity contribution in [3.8, 4) is 0 Å². The van der Waals surface area contributed by atoms with Crippen molar-refractivity contribution in [3.05, 3.63) is 0 Å². The zero-order chi connectivity index (χ0) is 11.1. The maximum absolute atomic E-state index is 11.2. The van der Waals surface area contributed by atoms with Gasteiger partial charge in [-0.25, -0.2) is 10.8 Å². The third-order valence-electron chi connectivity index (χ3n) is 1.43. The Hall–Kier alpha value is -1.30. The number of hydrogen-bond acceptors (Lipinski definition) is 3. The van der Waals surface area contributed by atoms with E-state index in [4.69, 9.17) is 5.84 Å². The van der Waals surface area contributed by atoms with Gasteiger partial charge in [0.25, 0.3) is 0 Å². The monoisotopic (exact) mass is 201 g/mol. The lowest BCUT2D eigenvalue weighted by molar-refractivity contribution is -0.127. The molecular formula is C8H19N5O. The number of guanidine groups is 1. The molecule has 0 atom stereocenters. The fourth-order valence-electron chi connectivity index (χ4n) is 0.694. The minimum absolute atomic E-state index is 0.0664. The number of aliphatic imine (C=N–C) groups is 1. The van der Waals surface area contributed by atoms with E-state index in [1.807, 2.05) is 13.8 Å². The van der Waals surface area contributed by atoms with Gasteiger partial charge in [0, 0.05) is 20.1 Å². The molecule has 4 N–H and O–H groups in total. The van der Waals surface area contributed by atoms with Gasteiger partial charge >= 0.3 is 0 Å². The van der Waals surface area contributed by atoms with Gasteiger partial charge in [-0.3, -0.25) is 10.2 Å². The fourth-order valence-corrected chi connectivity index (χ4v) is 0.694. The van der Waals surface area contributed by atoms with Crippen LogP contribution in [0, 0.1) is 0 Å². The van der Waals surface area contributed by atoms with E-state index in [9.17, 15) is 4.79 Å². The first-order valence-corrected chi connectivity index (χ1v) is 4.45. The van der Waals surface area contributed by atoms with Crippen LogP contribution in [0.1, 0.15) is 13.8 Å². The van der Waals surface area contributed by atoms with E-state index in [1.54, 1.807) is 14.1 Å². The van der Waals surface area contributed by atoms with Gasteiger partial charge in [-0.15, -0.1) is 0 Å². The number of nitrogens with two attached hydrogens (primary N) is 1. The first kappa shape index (κ1) is 12.7. The third kappa shape index (κ3) is 5.36. The Morgan fingerprint density at radius 1 is 1.50 bits per heavy atom. The molecule has 0 bridgehead atoms. The summed E-state index contributed by atoms with van der Waals surface area (Å²) < 4.78 is 0. The number of amides is 1. The van der Waals surface area contributed by atoms with E-state index < -0.39 is 0 Å². The number of nitrogens with zero attached hydrogens (tertiary/aromatic N) is 2. The number of carbonyl (C=O) groups is 1. The molecule has 6 nitrogen and oxygen atoms in total. The minimum atomic E-state index is -0.0664. The van der Waals surface area contributed by atoms with Crippen molar-refractivity contribution in [3.63, 3.8) is 0 Å². The first-order valence-electron chi connectivity index (χ1n) is 4.45. The summed E-state index contributed by atoms with van der Waals surface area (Å²) in [5.74, 6) is 5.57. The summed E-state index contributed by atoms with van der Waals surface area (Å²) in [5.41, 5.74) is 2.40. The van der Waals surface area contributed by atoms with Crippen molar-refractivity contribution < 1.29 is 4.79 Å². The second-order valence-electron chi connectivity index (χ2n) is 3.40. The van der Waals surface area contributed by atoms with E-state index in [0.717, 1.165) is 0 Å². The molecule has 82 valence electrons. The van der Waals surface area contributed by atoms with Gasteiger partial charge in [0.05, 0.1) is 0 Å². The molecule has 0 aromatic rings. The van der Waals surface area contributed by atoms with Crippen molar-refractivity contribution in [2.75, 3.05) is 20.6 Å². The van der Waals surface area contributed by atoms with Crippen molar-refractivity contribution in [1.82, 2.24) is 15.6 Å². The minimum Gasteiger partial charge on any atom is -0.353 e. The maximum atomic E-state index is 11.2. The molecule has 0 aliphatic rings. The number of likely N-dealkylation sites (N-methyl/N-ethyl adjacent to an activating group) is 1. The summed E-state index contributed by atoms with van der Waals surface area (Å²) in [6, 6.07) is 0.222. The Morgan fingerprint density at radius 2 is 2.07 bits per heavy atom. The van der Waals surface area contributed by atoms with Crippen LogP contribution in [0.25, 0.3) is 0 Å². The Kier molecular flexibility index (Phi) is 5.62. The highest BCUT2D eigenvalue weighted by atomic mass is 16.2. The fraction of sp³-hybridized carbons (Fsp3) is 0.750. The summed E-state index contributed by atoms with van der Waals surface area (Å²) >= 11 is 0. The molecule has 6 heteroatoms. The van der Waals surface area contributed by atoms with Gasteiger partial charge in [-0.1, -0.05) is 0 Å². The second-order valence-corrected chi connectivity index (χ2v) is 3.40. The molecular weight excluding hydrogens is 182 g/mol. The molecule has 0 aliphatic heterocycles. The number of hydrazine groups is 1. The molecule has 0 aromatic carbocycles. The lowest BCUT2D eigenvalue weighted by Gasteiger charge is -2.13. The first-order chi connectivity index (χ1) is 6.47. The summed E-state index contributed by atoms with van der Waals surface area (Å²) in [4.78, 5) is 16.6. The molecule has 1 amide bonds. The van der Waals surface area contributed by atoms with Gasteiger partial charge in [0.2, 0.25) is 11.9 Å². The molecule has 0 heterocycles. The lowest BCUT2D eigenvalue weighted by atomic mass is 10.4. The molecule has 0 rings (SSSR count). The molecule has 0 fully saturated rings. The average Bonchev–Trinajstić information content (AvgIpc) is 2.10. The zero-order valence-corrected chi connectivity index (χ0v) is 9.16. The van der Waals surface area contributed by atoms with E-state index in [-0.39, 0.29) is 18.5 Å². The van der Waals surface area contributed by atoms with Crippen molar-refractivity contribution in [2.24, 2.45) is 10.8 Å². The van der Waals surface area contributed by atoms with Crippen molar-refractivity contribution in [2.45, 2.75) is 19.9 Å². The largest absolute Gasteiger partial charge is 0.353 e. The van der Waals surface area contributed by atoms with Crippen LogP contribution in [0.2, 0.25) is 0 Å². The van der Waals surface area contributed by atoms with Crippen LogP contribution < -0.4 is 16.6 Å². The normalized spacial score (nSPS) is 11.4.